The molecule has 0 radical (unpaired) electrons. The van der Waals surface area contributed by atoms with Gasteiger partial charge in [0.2, 0.25) is 5.12 Å². The fourth-order valence-electron chi connectivity index (χ4n) is 1.42. The fourth-order valence-corrected chi connectivity index (χ4v) is 2.27. The van der Waals surface area contributed by atoms with Crippen LogP contribution >= 0.6 is 11.8 Å². The average molecular weight is 257 g/mol. The maximum absolute atomic E-state index is 11.4. The van der Waals surface area contributed by atoms with Crippen LogP contribution in [-0.2, 0) is 4.79 Å². The van der Waals surface area contributed by atoms with Gasteiger partial charge in [0.15, 0.2) is 0 Å². The van der Waals surface area contributed by atoms with Gasteiger partial charge < -0.3 is 4.90 Å². The van der Waals surface area contributed by atoms with E-state index in [-0.39, 0.29) is 5.12 Å². The molecule has 0 rings (SSSR count). The molecule has 0 heterocycles. The molecule has 0 spiro atoms. The molecule has 0 fully saturated rings. The summed E-state index contributed by atoms with van der Waals surface area (Å²) in [4.78, 5) is 13.5. The van der Waals surface area contributed by atoms with Gasteiger partial charge in [0, 0.05) is 12.3 Å². The van der Waals surface area contributed by atoms with Gasteiger partial charge in [0.05, 0.1) is 0 Å². The molecule has 3 heteroatoms. The summed E-state index contributed by atoms with van der Waals surface area (Å²) in [7, 11) is 4.05. The minimum atomic E-state index is 0.195. The molecule has 0 N–H and O–H groups in total. The Labute approximate surface area is 111 Å². The van der Waals surface area contributed by atoms with E-state index >= 15 is 0 Å². The summed E-state index contributed by atoms with van der Waals surface area (Å²) in [6.07, 6.45) is 11.3. The Bertz CT molecular complexity index is 214. The highest BCUT2D eigenvalue weighted by atomic mass is 32.2. The van der Waals surface area contributed by atoms with Crippen LogP contribution in [0.2, 0.25) is 0 Å². The summed E-state index contributed by atoms with van der Waals surface area (Å²) >= 11 is 1.41. The number of allylic oxidation sites excluding steroid dienone is 1. The average Bonchev–Trinajstić information content (AvgIpc) is 2.27. The van der Waals surface area contributed by atoms with Crippen LogP contribution in [0.1, 0.15) is 45.4 Å². The van der Waals surface area contributed by atoms with Gasteiger partial charge in [-0.25, -0.2) is 0 Å². The summed E-state index contributed by atoms with van der Waals surface area (Å²) in [6.45, 7) is 3.19. The van der Waals surface area contributed by atoms with Gasteiger partial charge >= 0.3 is 0 Å². The number of carbonyl (C=O) groups excluding carboxylic acids is 1. The Kier molecular flexibility index (Phi) is 12.0. The monoisotopic (exact) mass is 257 g/mol. The van der Waals surface area contributed by atoms with E-state index in [4.69, 9.17) is 0 Å². The second kappa shape index (κ2) is 12.2. The van der Waals surface area contributed by atoms with Gasteiger partial charge in [-0.05, 0) is 33.0 Å². The molecule has 0 aliphatic carbocycles. The van der Waals surface area contributed by atoms with E-state index in [1.807, 2.05) is 20.2 Å². The normalized spacial score (nSPS) is 11.5. The predicted molar refractivity (Wildman–Crippen MR) is 78.5 cm³/mol. The van der Waals surface area contributed by atoms with E-state index in [0.29, 0.717) is 0 Å². The number of unbranched alkanes of at least 4 members (excludes halogenated alkanes) is 5. The van der Waals surface area contributed by atoms with Crippen molar-refractivity contribution in [2.75, 3.05) is 26.4 Å². The molecule has 0 aromatic heterocycles. The smallest absolute Gasteiger partial charge is 0.211 e. The van der Waals surface area contributed by atoms with Crippen LogP contribution in [0, 0.1) is 0 Å². The molecule has 0 aliphatic rings. The Balaban J connectivity index is 3.34. The highest BCUT2D eigenvalue weighted by Gasteiger charge is 1.97. The molecule has 0 aromatic carbocycles. The van der Waals surface area contributed by atoms with E-state index < -0.39 is 0 Å². The van der Waals surface area contributed by atoms with Crippen molar-refractivity contribution in [2.45, 2.75) is 45.4 Å². The minimum absolute atomic E-state index is 0.195. The van der Waals surface area contributed by atoms with E-state index in [2.05, 4.69) is 11.8 Å². The number of carbonyl (C=O) groups is 1. The maximum atomic E-state index is 11.4. The van der Waals surface area contributed by atoms with E-state index in [1.54, 1.807) is 6.08 Å². The first kappa shape index (κ1) is 16.7. The molecule has 0 bridgehead atoms. The molecular formula is C14H27NOS. The Hall–Kier alpha value is -0.280. The van der Waals surface area contributed by atoms with E-state index in [9.17, 15) is 4.79 Å². The SMILES string of the molecule is CCCCCCC/C=C/C(=O)SCCN(C)C. The molecule has 0 amide bonds. The number of rotatable bonds is 10. The molecule has 0 aliphatic heterocycles. The van der Waals surface area contributed by atoms with Crippen LogP contribution in [0.25, 0.3) is 0 Å². The van der Waals surface area contributed by atoms with Crippen molar-refractivity contribution in [3.8, 4) is 0 Å². The van der Waals surface area contributed by atoms with Crippen LogP contribution < -0.4 is 0 Å². The Morgan fingerprint density at radius 1 is 1.18 bits per heavy atom. The van der Waals surface area contributed by atoms with Crippen LogP contribution in [-0.4, -0.2) is 36.4 Å². The summed E-state index contributed by atoms with van der Waals surface area (Å²) in [5, 5.41) is 0.195. The lowest BCUT2D eigenvalue weighted by atomic mass is 10.1. The lowest BCUT2D eigenvalue weighted by molar-refractivity contribution is -0.107. The van der Waals surface area contributed by atoms with E-state index in [0.717, 1.165) is 18.7 Å². The second-order valence-corrected chi connectivity index (χ2v) is 5.68. The van der Waals surface area contributed by atoms with Gasteiger partial charge in [0.25, 0.3) is 0 Å². The lowest BCUT2D eigenvalue weighted by Gasteiger charge is -2.06. The van der Waals surface area contributed by atoms with Crippen molar-refractivity contribution >= 4 is 16.9 Å². The summed E-state index contributed by atoms with van der Waals surface area (Å²) in [6, 6.07) is 0. The lowest BCUT2D eigenvalue weighted by Crippen LogP contribution is -2.15. The van der Waals surface area contributed by atoms with Gasteiger partial charge in [-0.2, -0.15) is 0 Å². The summed E-state index contributed by atoms with van der Waals surface area (Å²) < 4.78 is 0. The first-order valence-corrected chi connectivity index (χ1v) is 7.63. The highest BCUT2D eigenvalue weighted by molar-refractivity contribution is 8.14. The summed E-state index contributed by atoms with van der Waals surface area (Å²) in [5.41, 5.74) is 0. The zero-order chi connectivity index (χ0) is 12.9. The largest absolute Gasteiger partial charge is 0.309 e. The number of hydrogen-bond acceptors (Lipinski definition) is 3. The van der Waals surface area contributed by atoms with Crippen molar-refractivity contribution in [3.05, 3.63) is 12.2 Å². The molecule has 17 heavy (non-hydrogen) atoms. The molecule has 0 saturated heterocycles. The fraction of sp³-hybridized carbons (Fsp3) is 0.786. The maximum Gasteiger partial charge on any atom is 0.211 e. The minimum Gasteiger partial charge on any atom is -0.309 e. The van der Waals surface area contributed by atoms with Gasteiger partial charge in [-0.15, -0.1) is 0 Å². The molecule has 0 aromatic rings. The third-order valence-corrected chi connectivity index (χ3v) is 3.32. The standard InChI is InChI=1S/C14H27NOS/c1-4-5-6-7-8-9-10-11-14(16)17-13-12-15(2)3/h10-11H,4-9,12-13H2,1-3H3/b11-10+. The molecule has 0 saturated carbocycles. The zero-order valence-electron chi connectivity index (χ0n) is 11.6. The topological polar surface area (TPSA) is 20.3 Å². The van der Waals surface area contributed by atoms with Crippen molar-refractivity contribution in [1.82, 2.24) is 4.90 Å². The number of hydrogen-bond donors (Lipinski definition) is 0. The van der Waals surface area contributed by atoms with E-state index in [1.165, 1.54) is 43.9 Å². The van der Waals surface area contributed by atoms with Gasteiger partial charge in [-0.1, -0.05) is 50.4 Å². The molecule has 0 unspecified atom stereocenters. The van der Waals surface area contributed by atoms with Crippen molar-refractivity contribution in [2.24, 2.45) is 0 Å². The summed E-state index contributed by atoms with van der Waals surface area (Å²) in [5.74, 6) is 0.882. The second-order valence-electron chi connectivity index (χ2n) is 4.58. The van der Waals surface area contributed by atoms with Gasteiger partial charge in [-0.3, -0.25) is 4.79 Å². The van der Waals surface area contributed by atoms with Crippen LogP contribution in [0.4, 0.5) is 0 Å². The zero-order valence-corrected chi connectivity index (χ0v) is 12.4. The first-order valence-electron chi connectivity index (χ1n) is 6.64. The third kappa shape index (κ3) is 13.7. The Morgan fingerprint density at radius 3 is 2.53 bits per heavy atom. The van der Waals surface area contributed by atoms with Crippen molar-refractivity contribution < 1.29 is 4.79 Å². The molecular weight excluding hydrogens is 230 g/mol. The van der Waals surface area contributed by atoms with Gasteiger partial charge in [0.1, 0.15) is 0 Å². The van der Waals surface area contributed by atoms with Crippen LogP contribution in [0.3, 0.4) is 0 Å². The number of nitrogens with zero attached hydrogens (tertiary/aromatic N) is 1. The molecule has 0 atom stereocenters. The third-order valence-electron chi connectivity index (χ3n) is 2.51. The Morgan fingerprint density at radius 2 is 1.88 bits per heavy atom. The quantitative estimate of drug-likeness (QED) is 0.439. The highest BCUT2D eigenvalue weighted by Crippen LogP contribution is 2.07. The van der Waals surface area contributed by atoms with Crippen LogP contribution in [0.15, 0.2) is 12.2 Å². The van der Waals surface area contributed by atoms with Crippen LogP contribution in [0.5, 0.6) is 0 Å². The predicted octanol–water partition coefficient (Wildman–Crippen LogP) is 3.72. The molecule has 100 valence electrons. The number of thioether (sulfide) groups is 1. The van der Waals surface area contributed by atoms with Crippen molar-refractivity contribution in [1.29, 1.82) is 0 Å². The van der Waals surface area contributed by atoms with Crippen molar-refractivity contribution in [3.63, 3.8) is 0 Å². The first-order chi connectivity index (χ1) is 8.16. The molecule has 2 nitrogen and oxygen atoms in total.